The number of benzene rings is 1. The van der Waals surface area contributed by atoms with Gasteiger partial charge in [0.1, 0.15) is 11.8 Å². The lowest BCUT2D eigenvalue weighted by atomic mass is 10.1. The highest BCUT2D eigenvalue weighted by Crippen LogP contribution is 2.15. The van der Waals surface area contributed by atoms with E-state index in [1.807, 2.05) is 0 Å². The van der Waals surface area contributed by atoms with E-state index >= 15 is 0 Å². The van der Waals surface area contributed by atoms with Gasteiger partial charge in [0, 0.05) is 6.54 Å². The number of hydrogen-bond acceptors (Lipinski definition) is 4. The Balaban J connectivity index is 1.83. The van der Waals surface area contributed by atoms with Crippen LogP contribution in [0.5, 0.6) is 0 Å². The van der Waals surface area contributed by atoms with Gasteiger partial charge in [-0.15, -0.1) is 0 Å². The predicted octanol–water partition coefficient (Wildman–Crippen LogP) is 2.27. The standard InChI is InChI=1S/C13H13N5/c1-9-3-2-4-10(5-9)6-14-12-11-13(16-7-15-11)18-8-17-12/h2-5,7-8H,6H2,1H3,(H2,14,15,16,17,18). The normalized spacial score (nSPS) is 10.7. The first-order valence-electron chi connectivity index (χ1n) is 5.76. The van der Waals surface area contributed by atoms with Crippen LogP contribution in [-0.4, -0.2) is 19.9 Å². The number of aryl methyl sites for hydroxylation is 1. The summed E-state index contributed by atoms with van der Waals surface area (Å²) in [5.41, 5.74) is 3.99. The van der Waals surface area contributed by atoms with E-state index in [0.29, 0.717) is 0 Å². The van der Waals surface area contributed by atoms with Crippen LogP contribution in [0.15, 0.2) is 36.9 Å². The van der Waals surface area contributed by atoms with Gasteiger partial charge in [0.25, 0.3) is 0 Å². The molecule has 0 amide bonds. The zero-order valence-electron chi connectivity index (χ0n) is 10.0. The molecule has 0 spiro atoms. The molecular weight excluding hydrogens is 226 g/mol. The summed E-state index contributed by atoms with van der Waals surface area (Å²) in [6, 6.07) is 8.37. The van der Waals surface area contributed by atoms with Crippen molar-refractivity contribution in [2.24, 2.45) is 0 Å². The first-order chi connectivity index (χ1) is 8.83. The van der Waals surface area contributed by atoms with E-state index in [1.54, 1.807) is 6.33 Å². The number of fused-ring (bicyclic) bond motifs is 1. The van der Waals surface area contributed by atoms with E-state index in [4.69, 9.17) is 0 Å². The van der Waals surface area contributed by atoms with Crippen LogP contribution < -0.4 is 5.32 Å². The van der Waals surface area contributed by atoms with Crippen LogP contribution >= 0.6 is 0 Å². The van der Waals surface area contributed by atoms with E-state index in [0.717, 1.165) is 23.5 Å². The molecule has 1 aromatic carbocycles. The summed E-state index contributed by atoms with van der Waals surface area (Å²) in [5, 5.41) is 3.28. The molecule has 2 N–H and O–H groups in total. The SMILES string of the molecule is Cc1cccc(CNc2ncnc3[nH]cnc23)c1. The van der Waals surface area contributed by atoms with Crippen molar-refractivity contribution in [2.75, 3.05) is 5.32 Å². The number of aromatic amines is 1. The van der Waals surface area contributed by atoms with E-state index in [2.05, 4.69) is 56.4 Å². The van der Waals surface area contributed by atoms with Crippen LogP contribution in [0.4, 0.5) is 5.82 Å². The fraction of sp³-hybridized carbons (Fsp3) is 0.154. The topological polar surface area (TPSA) is 66.5 Å². The van der Waals surface area contributed by atoms with Gasteiger partial charge in [0.2, 0.25) is 0 Å². The van der Waals surface area contributed by atoms with Crippen LogP contribution in [0.1, 0.15) is 11.1 Å². The lowest BCUT2D eigenvalue weighted by Gasteiger charge is -2.06. The average Bonchev–Trinajstić information content (AvgIpc) is 2.85. The summed E-state index contributed by atoms with van der Waals surface area (Å²) in [4.78, 5) is 15.5. The maximum atomic E-state index is 4.21. The molecule has 0 atom stereocenters. The largest absolute Gasteiger partial charge is 0.364 e. The van der Waals surface area contributed by atoms with Crippen LogP contribution in [0.2, 0.25) is 0 Å². The molecule has 5 heteroatoms. The van der Waals surface area contributed by atoms with Crippen molar-refractivity contribution in [3.63, 3.8) is 0 Å². The quantitative estimate of drug-likeness (QED) is 0.735. The van der Waals surface area contributed by atoms with Gasteiger partial charge in [0.05, 0.1) is 6.33 Å². The first kappa shape index (κ1) is 10.7. The van der Waals surface area contributed by atoms with Crippen LogP contribution in [0.3, 0.4) is 0 Å². The van der Waals surface area contributed by atoms with Crippen molar-refractivity contribution in [2.45, 2.75) is 13.5 Å². The van der Waals surface area contributed by atoms with Gasteiger partial charge in [-0.2, -0.15) is 0 Å². The van der Waals surface area contributed by atoms with Crippen molar-refractivity contribution in [3.05, 3.63) is 48.0 Å². The lowest BCUT2D eigenvalue weighted by Crippen LogP contribution is -2.02. The second kappa shape index (κ2) is 4.44. The summed E-state index contributed by atoms with van der Waals surface area (Å²) in [6.07, 6.45) is 3.15. The van der Waals surface area contributed by atoms with Gasteiger partial charge in [-0.05, 0) is 12.5 Å². The summed E-state index contributed by atoms with van der Waals surface area (Å²) < 4.78 is 0. The Morgan fingerprint density at radius 2 is 2.17 bits per heavy atom. The molecule has 0 aliphatic rings. The molecule has 0 fully saturated rings. The van der Waals surface area contributed by atoms with Gasteiger partial charge in [-0.1, -0.05) is 29.8 Å². The molecule has 2 heterocycles. The molecule has 0 saturated carbocycles. The van der Waals surface area contributed by atoms with Crippen LogP contribution in [-0.2, 0) is 6.54 Å². The van der Waals surface area contributed by atoms with E-state index in [9.17, 15) is 0 Å². The van der Waals surface area contributed by atoms with Crippen molar-refractivity contribution >= 4 is 17.0 Å². The van der Waals surface area contributed by atoms with Gasteiger partial charge >= 0.3 is 0 Å². The molecule has 0 bridgehead atoms. The van der Waals surface area contributed by atoms with E-state index < -0.39 is 0 Å². The van der Waals surface area contributed by atoms with Crippen molar-refractivity contribution < 1.29 is 0 Å². The molecule has 0 aliphatic carbocycles. The predicted molar refractivity (Wildman–Crippen MR) is 70.2 cm³/mol. The molecule has 0 unspecified atom stereocenters. The molecule has 2 aromatic heterocycles. The second-order valence-corrected chi connectivity index (χ2v) is 4.16. The van der Waals surface area contributed by atoms with Crippen molar-refractivity contribution in [1.82, 2.24) is 19.9 Å². The number of nitrogens with one attached hydrogen (secondary N) is 2. The molecule has 5 nitrogen and oxygen atoms in total. The number of rotatable bonds is 3. The average molecular weight is 239 g/mol. The summed E-state index contributed by atoms with van der Waals surface area (Å²) in [5.74, 6) is 0.753. The van der Waals surface area contributed by atoms with Gasteiger partial charge in [-0.25, -0.2) is 15.0 Å². The first-order valence-corrected chi connectivity index (χ1v) is 5.76. The number of hydrogen-bond donors (Lipinski definition) is 2. The third-order valence-electron chi connectivity index (χ3n) is 2.76. The number of nitrogens with zero attached hydrogens (tertiary/aromatic N) is 3. The lowest BCUT2D eigenvalue weighted by molar-refractivity contribution is 1.09. The molecule has 0 radical (unpaired) electrons. The maximum Gasteiger partial charge on any atom is 0.162 e. The van der Waals surface area contributed by atoms with E-state index in [-0.39, 0.29) is 0 Å². The highest BCUT2D eigenvalue weighted by Gasteiger charge is 2.05. The molecule has 18 heavy (non-hydrogen) atoms. The van der Waals surface area contributed by atoms with Gasteiger partial charge in [-0.3, -0.25) is 0 Å². The fourth-order valence-corrected chi connectivity index (χ4v) is 1.90. The Kier molecular flexibility index (Phi) is 2.64. The van der Waals surface area contributed by atoms with Gasteiger partial charge in [0.15, 0.2) is 11.5 Å². The Bertz CT molecular complexity index is 674. The Hall–Kier alpha value is -2.43. The highest BCUT2D eigenvalue weighted by atomic mass is 15.1. The van der Waals surface area contributed by atoms with Crippen molar-refractivity contribution in [3.8, 4) is 0 Å². The van der Waals surface area contributed by atoms with Gasteiger partial charge < -0.3 is 10.3 Å². The van der Waals surface area contributed by atoms with Crippen LogP contribution in [0.25, 0.3) is 11.2 Å². The second-order valence-electron chi connectivity index (χ2n) is 4.16. The number of anilines is 1. The van der Waals surface area contributed by atoms with Crippen molar-refractivity contribution in [1.29, 1.82) is 0 Å². The Labute approximate surface area is 104 Å². The van der Waals surface area contributed by atoms with E-state index in [1.165, 1.54) is 17.5 Å². The Morgan fingerprint density at radius 3 is 3.06 bits per heavy atom. The number of H-pyrrole nitrogens is 1. The molecule has 0 saturated heterocycles. The number of imidazole rings is 1. The fourth-order valence-electron chi connectivity index (χ4n) is 1.90. The number of aromatic nitrogens is 4. The molecule has 0 aliphatic heterocycles. The third-order valence-corrected chi connectivity index (χ3v) is 2.76. The third kappa shape index (κ3) is 2.02. The molecular formula is C13H13N5. The maximum absolute atomic E-state index is 4.21. The summed E-state index contributed by atoms with van der Waals surface area (Å²) >= 11 is 0. The zero-order valence-corrected chi connectivity index (χ0v) is 10.0. The van der Waals surface area contributed by atoms with Crippen LogP contribution in [0, 0.1) is 6.92 Å². The smallest absolute Gasteiger partial charge is 0.162 e. The summed E-state index contributed by atoms with van der Waals surface area (Å²) in [6.45, 7) is 2.81. The zero-order chi connectivity index (χ0) is 12.4. The Morgan fingerprint density at radius 1 is 1.22 bits per heavy atom. The minimum Gasteiger partial charge on any atom is -0.364 e. The highest BCUT2D eigenvalue weighted by molar-refractivity contribution is 5.81. The molecule has 3 aromatic rings. The minimum absolute atomic E-state index is 0.723. The monoisotopic (exact) mass is 239 g/mol. The minimum atomic E-state index is 0.723. The summed E-state index contributed by atoms with van der Waals surface area (Å²) in [7, 11) is 0. The molecule has 90 valence electrons. The molecule has 3 rings (SSSR count).